The summed E-state index contributed by atoms with van der Waals surface area (Å²) in [6.07, 6.45) is 6.34. The van der Waals surface area contributed by atoms with Gasteiger partial charge >= 0.3 is 6.03 Å². The number of anilines is 3. The van der Waals surface area contributed by atoms with Crippen LogP contribution in [0.5, 0.6) is 11.5 Å². The van der Waals surface area contributed by atoms with Crippen molar-refractivity contribution in [2.45, 2.75) is 44.7 Å². The standard InChI is InChI=1S/C31H29N5O4S/c1-3-25(37)33-21-11-7-8-12-22(21)34-29(38)28-27-26-24(15-16-32-30(26)41-28)36(31(39)35-27)23-14-13-20(17-18(23)2)40-19-9-5-4-6-10-19/h3-6,9-10,13-17,21-22H,1,7-8,11-12H2,2H3,(H,33,37)(H,34,38)(H,35,39)/t21-,22+/m1/s1. The lowest BCUT2D eigenvalue weighted by Gasteiger charge is -2.32. The first-order valence-electron chi connectivity index (χ1n) is 13.5. The number of nitrogens with zero attached hydrogens (tertiary/aromatic N) is 2. The number of aryl methyl sites for hydroxylation is 1. The predicted octanol–water partition coefficient (Wildman–Crippen LogP) is 6.42. The Morgan fingerprint density at radius 3 is 2.54 bits per heavy atom. The van der Waals surface area contributed by atoms with Crippen molar-refractivity contribution < 1.29 is 19.1 Å². The van der Waals surface area contributed by atoms with Gasteiger partial charge < -0.3 is 20.7 Å². The SMILES string of the molecule is C=CC(=O)N[C@@H]1CCCC[C@@H]1NC(=O)c1sc2nccc3c2c1NC(=O)N3c1ccc(Oc2ccccc2)cc1C. The fraction of sp³-hybridized carbons (Fsp3) is 0.226. The van der Waals surface area contributed by atoms with Crippen molar-refractivity contribution in [1.82, 2.24) is 15.6 Å². The second kappa shape index (κ2) is 11.1. The number of hydrogen-bond donors (Lipinski definition) is 3. The number of benzene rings is 2. The van der Waals surface area contributed by atoms with Gasteiger partial charge in [0.05, 0.1) is 22.4 Å². The molecule has 1 fully saturated rings. The molecule has 1 aliphatic carbocycles. The molecule has 208 valence electrons. The number of nitrogens with one attached hydrogen (secondary N) is 3. The summed E-state index contributed by atoms with van der Waals surface area (Å²) in [7, 11) is 0. The highest BCUT2D eigenvalue weighted by Gasteiger charge is 2.35. The Labute approximate surface area is 241 Å². The molecule has 0 radical (unpaired) electrons. The number of ether oxygens (including phenoxy) is 1. The van der Waals surface area contributed by atoms with E-state index in [1.165, 1.54) is 17.4 Å². The van der Waals surface area contributed by atoms with Crippen molar-refractivity contribution >= 4 is 56.5 Å². The number of carbonyl (C=O) groups excluding carboxylic acids is 3. The maximum atomic E-state index is 13.6. The molecule has 0 saturated heterocycles. The van der Waals surface area contributed by atoms with Crippen molar-refractivity contribution in [3.63, 3.8) is 0 Å². The number of amides is 4. The minimum absolute atomic E-state index is 0.181. The van der Waals surface area contributed by atoms with E-state index in [9.17, 15) is 14.4 Å². The van der Waals surface area contributed by atoms with E-state index in [0.29, 0.717) is 37.9 Å². The first kappa shape index (κ1) is 26.5. The van der Waals surface area contributed by atoms with Gasteiger partial charge in [-0.15, -0.1) is 11.3 Å². The molecule has 2 atom stereocenters. The van der Waals surface area contributed by atoms with Crippen molar-refractivity contribution in [2.75, 3.05) is 10.2 Å². The number of thiophene rings is 1. The lowest BCUT2D eigenvalue weighted by Crippen LogP contribution is -2.52. The average Bonchev–Trinajstić information content (AvgIpc) is 3.35. The summed E-state index contributed by atoms with van der Waals surface area (Å²) in [5.74, 6) is 0.827. The molecular weight excluding hydrogens is 538 g/mol. The second-order valence-electron chi connectivity index (χ2n) is 10.1. The Morgan fingerprint density at radius 1 is 1.05 bits per heavy atom. The van der Waals surface area contributed by atoms with Crippen LogP contribution in [-0.2, 0) is 4.79 Å². The van der Waals surface area contributed by atoms with Gasteiger partial charge in [0, 0.05) is 18.3 Å². The van der Waals surface area contributed by atoms with E-state index < -0.39 is 0 Å². The zero-order valence-corrected chi connectivity index (χ0v) is 23.3. The molecule has 1 saturated carbocycles. The number of hydrogen-bond acceptors (Lipinski definition) is 6. The third-order valence-corrected chi connectivity index (χ3v) is 8.53. The van der Waals surface area contributed by atoms with Gasteiger partial charge in [0.25, 0.3) is 5.91 Å². The first-order chi connectivity index (χ1) is 19.9. The number of aromatic nitrogens is 1. The van der Waals surface area contributed by atoms with Crippen molar-refractivity contribution in [2.24, 2.45) is 0 Å². The minimum atomic E-state index is -0.369. The van der Waals surface area contributed by atoms with Gasteiger partial charge in [-0.1, -0.05) is 37.6 Å². The molecular formula is C31H29N5O4S. The highest BCUT2D eigenvalue weighted by Crippen LogP contribution is 2.46. The van der Waals surface area contributed by atoms with Gasteiger partial charge in [-0.05, 0) is 67.8 Å². The first-order valence-corrected chi connectivity index (χ1v) is 14.3. The molecule has 6 rings (SSSR count). The van der Waals surface area contributed by atoms with E-state index in [1.807, 2.05) is 55.5 Å². The van der Waals surface area contributed by atoms with Crippen molar-refractivity contribution in [3.8, 4) is 11.5 Å². The van der Waals surface area contributed by atoms with Crippen LogP contribution in [0.2, 0.25) is 0 Å². The zero-order chi connectivity index (χ0) is 28.5. The summed E-state index contributed by atoms with van der Waals surface area (Å²) in [6.45, 7) is 5.45. The lowest BCUT2D eigenvalue weighted by molar-refractivity contribution is -0.117. The molecule has 0 spiro atoms. The maximum absolute atomic E-state index is 13.6. The highest BCUT2D eigenvalue weighted by atomic mass is 32.1. The Hall–Kier alpha value is -4.70. The van der Waals surface area contributed by atoms with Crippen LogP contribution in [-0.4, -0.2) is 34.9 Å². The Balaban J connectivity index is 1.30. The van der Waals surface area contributed by atoms with Crippen LogP contribution in [0.25, 0.3) is 10.2 Å². The summed E-state index contributed by atoms with van der Waals surface area (Å²) in [4.78, 5) is 46.2. The maximum Gasteiger partial charge on any atom is 0.331 e. The predicted molar refractivity (Wildman–Crippen MR) is 160 cm³/mol. The molecule has 0 bridgehead atoms. The van der Waals surface area contributed by atoms with Gasteiger partial charge in [-0.3, -0.25) is 14.5 Å². The molecule has 2 aromatic heterocycles. The molecule has 3 N–H and O–H groups in total. The van der Waals surface area contributed by atoms with Gasteiger partial charge in [-0.2, -0.15) is 0 Å². The Kier molecular flexibility index (Phi) is 7.15. The van der Waals surface area contributed by atoms with E-state index in [-0.39, 0.29) is 29.9 Å². The molecule has 41 heavy (non-hydrogen) atoms. The Morgan fingerprint density at radius 2 is 1.80 bits per heavy atom. The Bertz CT molecular complexity index is 1670. The normalized spacial score (nSPS) is 18.0. The summed E-state index contributed by atoms with van der Waals surface area (Å²) in [5.41, 5.74) is 2.65. The number of carbonyl (C=O) groups is 3. The van der Waals surface area contributed by atoms with Crippen LogP contribution >= 0.6 is 11.3 Å². The fourth-order valence-corrected chi connectivity index (χ4v) is 6.52. The molecule has 9 nitrogen and oxygen atoms in total. The van der Waals surface area contributed by atoms with E-state index in [4.69, 9.17) is 4.74 Å². The van der Waals surface area contributed by atoms with Gasteiger partial charge in [0.1, 0.15) is 21.2 Å². The lowest BCUT2D eigenvalue weighted by atomic mass is 9.90. The summed E-state index contributed by atoms with van der Waals surface area (Å²) < 4.78 is 5.97. The molecule has 10 heteroatoms. The van der Waals surface area contributed by atoms with E-state index >= 15 is 0 Å². The topological polar surface area (TPSA) is 113 Å². The third kappa shape index (κ3) is 5.14. The van der Waals surface area contributed by atoms with Crippen LogP contribution in [0.4, 0.5) is 21.9 Å². The molecule has 4 aromatic rings. The summed E-state index contributed by atoms with van der Waals surface area (Å²) in [6, 6.07) is 16.1. The molecule has 3 heterocycles. The molecule has 2 aromatic carbocycles. The van der Waals surface area contributed by atoms with Gasteiger partial charge in [0.2, 0.25) is 5.91 Å². The average molecular weight is 568 g/mol. The fourth-order valence-electron chi connectivity index (χ4n) is 5.50. The van der Waals surface area contributed by atoms with Crippen LogP contribution in [0.3, 0.4) is 0 Å². The summed E-state index contributed by atoms with van der Waals surface area (Å²) >= 11 is 1.24. The van der Waals surface area contributed by atoms with Crippen LogP contribution in [0.1, 0.15) is 40.9 Å². The van der Waals surface area contributed by atoms with Gasteiger partial charge in [0.15, 0.2) is 0 Å². The van der Waals surface area contributed by atoms with Crippen LogP contribution < -0.4 is 25.6 Å². The third-order valence-electron chi connectivity index (χ3n) is 7.44. The van der Waals surface area contributed by atoms with E-state index in [1.54, 1.807) is 17.2 Å². The van der Waals surface area contributed by atoms with E-state index in [2.05, 4.69) is 27.5 Å². The smallest absolute Gasteiger partial charge is 0.331 e. The quantitative estimate of drug-likeness (QED) is 0.223. The number of pyridine rings is 1. The zero-order valence-electron chi connectivity index (χ0n) is 22.5. The molecule has 4 amide bonds. The van der Waals surface area contributed by atoms with Gasteiger partial charge in [-0.25, -0.2) is 9.78 Å². The molecule has 1 aliphatic heterocycles. The van der Waals surface area contributed by atoms with Crippen molar-refractivity contribution in [3.05, 3.63) is 83.9 Å². The second-order valence-corrected chi connectivity index (χ2v) is 11.1. The monoisotopic (exact) mass is 567 g/mol. The van der Waals surface area contributed by atoms with Crippen molar-refractivity contribution in [1.29, 1.82) is 0 Å². The van der Waals surface area contributed by atoms with Crippen LogP contribution in [0, 0.1) is 6.92 Å². The van der Waals surface area contributed by atoms with Crippen LogP contribution in [0.15, 0.2) is 73.4 Å². The number of para-hydroxylation sites is 1. The molecule has 2 aliphatic rings. The minimum Gasteiger partial charge on any atom is -0.457 e. The van der Waals surface area contributed by atoms with E-state index in [0.717, 1.165) is 37.0 Å². The number of rotatable bonds is 7. The largest absolute Gasteiger partial charge is 0.457 e. The molecule has 0 unspecified atom stereocenters. The highest BCUT2D eigenvalue weighted by molar-refractivity contribution is 7.21. The number of urea groups is 1. The summed E-state index contributed by atoms with van der Waals surface area (Å²) in [5, 5.41) is 9.71.